The molecule has 3 rings (SSSR count). The van der Waals surface area contributed by atoms with Crippen LogP contribution in [0.3, 0.4) is 0 Å². The molecule has 0 unspecified atom stereocenters. The summed E-state index contributed by atoms with van der Waals surface area (Å²) < 4.78 is 23.0. The third kappa shape index (κ3) is 6.17. The van der Waals surface area contributed by atoms with Gasteiger partial charge in [-0.15, -0.1) is 0 Å². The first-order chi connectivity index (χ1) is 17.3. The van der Waals surface area contributed by atoms with E-state index in [-0.39, 0.29) is 12.1 Å². The third-order valence-electron chi connectivity index (χ3n) is 5.15. The van der Waals surface area contributed by atoms with E-state index in [1.54, 1.807) is 30.3 Å². The van der Waals surface area contributed by atoms with Crippen molar-refractivity contribution in [3.05, 3.63) is 51.5 Å². The monoisotopic (exact) mass is 560 g/mol. The summed E-state index contributed by atoms with van der Waals surface area (Å²) in [5, 5.41) is 2.24. The molecule has 0 atom stereocenters. The van der Waals surface area contributed by atoms with Crippen LogP contribution in [0.2, 0.25) is 0 Å². The topological polar surface area (TPSA) is 103 Å². The molecule has 2 aromatic rings. The molecule has 1 fully saturated rings. The molecule has 2 aromatic carbocycles. The van der Waals surface area contributed by atoms with Crippen LogP contribution in [-0.2, 0) is 16.1 Å². The number of urea groups is 1. The molecule has 4 amide bonds. The lowest BCUT2D eigenvalue weighted by Crippen LogP contribution is -2.53. The van der Waals surface area contributed by atoms with Gasteiger partial charge in [-0.3, -0.25) is 19.8 Å². The van der Waals surface area contributed by atoms with Crippen molar-refractivity contribution >= 4 is 39.9 Å². The summed E-state index contributed by atoms with van der Waals surface area (Å²) in [4.78, 5) is 39.3. The van der Waals surface area contributed by atoms with Crippen LogP contribution in [0.25, 0.3) is 6.08 Å². The highest BCUT2D eigenvalue weighted by Gasteiger charge is 2.36. The summed E-state index contributed by atoms with van der Waals surface area (Å²) in [5.41, 5.74) is 0.983. The Kier molecular flexibility index (Phi) is 9.35. The number of halogens is 1. The zero-order valence-electron chi connectivity index (χ0n) is 20.7. The van der Waals surface area contributed by atoms with Crippen molar-refractivity contribution in [1.82, 2.24) is 10.2 Å². The minimum Gasteiger partial charge on any atom is -0.493 e. The Morgan fingerprint density at radius 2 is 1.69 bits per heavy atom. The van der Waals surface area contributed by atoms with Crippen LogP contribution in [0.5, 0.6) is 23.0 Å². The normalized spacial score (nSPS) is 14.6. The van der Waals surface area contributed by atoms with Crippen LogP contribution in [0.1, 0.15) is 38.3 Å². The molecule has 1 saturated heterocycles. The molecule has 1 N–H and O–H groups in total. The molecule has 10 heteroatoms. The zero-order valence-corrected chi connectivity index (χ0v) is 22.3. The van der Waals surface area contributed by atoms with Crippen LogP contribution in [0, 0.1) is 0 Å². The molecule has 0 spiro atoms. The second-order valence-electron chi connectivity index (χ2n) is 7.74. The second kappa shape index (κ2) is 12.4. The van der Waals surface area contributed by atoms with Gasteiger partial charge >= 0.3 is 6.03 Å². The summed E-state index contributed by atoms with van der Waals surface area (Å²) in [7, 11) is 1.50. The molecule has 1 heterocycles. The number of methoxy groups -OCH3 is 1. The number of carbonyl (C=O) groups excluding carboxylic acids is 3. The standard InChI is InChI=1S/C26H29BrN2O7/c1-5-10-36-20-9-8-16(13-21(20)34-6-2)15-29-25(31)18(24(30)28-26(29)32)11-17-12-19(27)23(35-7-3)22(14-17)33-4/h8-9,11-14H,5-7,10,15H2,1-4H3,(H,28,30,32)/b18-11+. The molecule has 0 radical (unpaired) electrons. The van der Waals surface area contributed by atoms with Gasteiger partial charge in [0.1, 0.15) is 5.57 Å². The smallest absolute Gasteiger partial charge is 0.331 e. The number of amides is 4. The van der Waals surface area contributed by atoms with Crippen LogP contribution >= 0.6 is 15.9 Å². The number of hydrogen-bond acceptors (Lipinski definition) is 7. The second-order valence-corrected chi connectivity index (χ2v) is 8.59. The van der Waals surface area contributed by atoms with Gasteiger partial charge in [-0.05, 0) is 77.7 Å². The van der Waals surface area contributed by atoms with Crippen LogP contribution in [0.4, 0.5) is 4.79 Å². The summed E-state index contributed by atoms with van der Waals surface area (Å²) in [6.07, 6.45) is 2.25. The largest absolute Gasteiger partial charge is 0.493 e. The van der Waals surface area contributed by atoms with Crippen molar-refractivity contribution < 1.29 is 33.3 Å². The molecule has 36 heavy (non-hydrogen) atoms. The quantitative estimate of drug-likeness (QED) is 0.313. The minimum atomic E-state index is -0.795. The number of nitrogens with one attached hydrogen (secondary N) is 1. The Morgan fingerprint density at radius 3 is 2.36 bits per heavy atom. The average molecular weight is 561 g/mol. The highest BCUT2D eigenvalue weighted by Crippen LogP contribution is 2.37. The predicted octanol–water partition coefficient (Wildman–Crippen LogP) is 4.71. The number of benzene rings is 2. The first-order valence-corrected chi connectivity index (χ1v) is 12.4. The first-order valence-electron chi connectivity index (χ1n) is 11.6. The van der Waals surface area contributed by atoms with Crippen molar-refractivity contribution in [3.63, 3.8) is 0 Å². The fourth-order valence-corrected chi connectivity index (χ4v) is 4.12. The number of barbiturate groups is 1. The van der Waals surface area contributed by atoms with Gasteiger partial charge in [0.2, 0.25) is 0 Å². The van der Waals surface area contributed by atoms with E-state index >= 15 is 0 Å². The Bertz CT molecular complexity index is 1180. The maximum Gasteiger partial charge on any atom is 0.331 e. The average Bonchev–Trinajstić information content (AvgIpc) is 2.85. The highest BCUT2D eigenvalue weighted by atomic mass is 79.9. The Morgan fingerprint density at radius 1 is 0.944 bits per heavy atom. The molecule has 1 aliphatic rings. The first kappa shape index (κ1) is 27.1. The molecular formula is C26H29BrN2O7. The number of imide groups is 2. The van der Waals surface area contributed by atoms with Gasteiger partial charge in [-0.1, -0.05) is 13.0 Å². The van der Waals surface area contributed by atoms with Crippen LogP contribution in [-0.4, -0.2) is 49.7 Å². The maximum absolute atomic E-state index is 13.2. The van der Waals surface area contributed by atoms with Crippen molar-refractivity contribution in [2.45, 2.75) is 33.7 Å². The van der Waals surface area contributed by atoms with Crippen molar-refractivity contribution in [1.29, 1.82) is 0 Å². The zero-order chi connectivity index (χ0) is 26.2. The van der Waals surface area contributed by atoms with Crippen molar-refractivity contribution in [3.8, 4) is 23.0 Å². The van der Waals surface area contributed by atoms with E-state index in [0.29, 0.717) is 58.4 Å². The van der Waals surface area contributed by atoms with Gasteiger partial charge < -0.3 is 18.9 Å². The predicted molar refractivity (Wildman–Crippen MR) is 137 cm³/mol. The molecular weight excluding hydrogens is 532 g/mol. The lowest BCUT2D eigenvalue weighted by molar-refractivity contribution is -0.130. The van der Waals surface area contributed by atoms with Gasteiger partial charge in [-0.2, -0.15) is 0 Å². The van der Waals surface area contributed by atoms with Crippen LogP contribution < -0.4 is 24.3 Å². The fraction of sp³-hybridized carbons (Fsp3) is 0.346. The van der Waals surface area contributed by atoms with E-state index in [0.717, 1.165) is 11.3 Å². The summed E-state index contributed by atoms with van der Waals surface area (Å²) in [5.74, 6) is 0.563. The summed E-state index contributed by atoms with van der Waals surface area (Å²) in [6.45, 7) is 7.05. The fourth-order valence-electron chi connectivity index (χ4n) is 3.54. The third-order valence-corrected chi connectivity index (χ3v) is 5.74. The Hall–Kier alpha value is -3.53. The van der Waals surface area contributed by atoms with Gasteiger partial charge in [0, 0.05) is 0 Å². The van der Waals surface area contributed by atoms with E-state index in [1.165, 1.54) is 13.2 Å². The Balaban J connectivity index is 1.90. The van der Waals surface area contributed by atoms with Crippen LogP contribution in [0.15, 0.2) is 40.4 Å². The molecule has 0 bridgehead atoms. The van der Waals surface area contributed by atoms with E-state index < -0.39 is 17.8 Å². The Labute approximate surface area is 218 Å². The molecule has 9 nitrogen and oxygen atoms in total. The maximum atomic E-state index is 13.2. The van der Waals surface area contributed by atoms with Crippen molar-refractivity contribution in [2.24, 2.45) is 0 Å². The minimum absolute atomic E-state index is 0.0558. The molecule has 192 valence electrons. The SMILES string of the molecule is CCCOc1ccc(CN2C(=O)NC(=O)/C(=C\c3cc(Br)c(OCC)c(OC)c3)C2=O)cc1OCC. The summed E-state index contributed by atoms with van der Waals surface area (Å²) in [6, 6.07) is 7.77. The number of carbonyl (C=O) groups is 3. The molecule has 1 aliphatic heterocycles. The van der Waals surface area contributed by atoms with E-state index in [9.17, 15) is 14.4 Å². The number of rotatable bonds is 11. The lowest BCUT2D eigenvalue weighted by atomic mass is 10.1. The van der Waals surface area contributed by atoms with E-state index in [1.807, 2.05) is 20.8 Å². The summed E-state index contributed by atoms with van der Waals surface area (Å²) >= 11 is 3.44. The molecule has 0 aromatic heterocycles. The van der Waals surface area contributed by atoms with E-state index in [4.69, 9.17) is 18.9 Å². The number of hydrogen-bond donors (Lipinski definition) is 1. The molecule has 0 saturated carbocycles. The van der Waals surface area contributed by atoms with Gasteiger partial charge in [0.15, 0.2) is 23.0 Å². The van der Waals surface area contributed by atoms with Gasteiger partial charge in [-0.25, -0.2) is 4.79 Å². The molecule has 0 aliphatic carbocycles. The lowest BCUT2D eigenvalue weighted by Gasteiger charge is -2.26. The highest BCUT2D eigenvalue weighted by molar-refractivity contribution is 9.10. The van der Waals surface area contributed by atoms with E-state index in [2.05, 4.69) is 21.2 Å². The van der Waals surface area contributed by atoms with Crippen molar-refractivity contribution in [2.75, 3.05) is 26.9 Å². The van der Waals surface area contributed by atoms with Gasteiger partial charge in [0.05, 0.1) is 37.9 Å². The number of ether oxygens (including phenoxy) is 4. The number of nitrogens with zero attached hydrogens (tertiary/aromatic N) is 1. The van der Waals surface area contributed by atoms with Gasteiger partial charge in [0.25, 0.3) is 11.8 Å².